The van der Waals surface area contributed by atoms with E-state index in [-0.39, 0.29) is 18.5 Å². The van der Waals surface area contributed by atoms with Crippen LogP contribution < -0.4 is 5.32 Å². The molecule has 0 spiro atoms. The number of unbranched alkanes of at least 4 members (excludes halogenated alkanes) is 47. The first kappa shape index (κ1) is 74.1. The van der Waals surface area contributed by atoms with Crippen molar-refractivity contribution in [1.82, 2.24) is 5.32 Å². The number of aliphatic hydroxyl groups excluding tert-OH is 2. The van der Waals surface area contributed by atoms with Crippen LogP contribution in [0.3, 0.4) is 0 Å². The van der Waals surface area contributed by atoms with Gasteiger partial charge in [0.2, 0.25) is 5.91 Å². The average Bonchev–Trinajstić information content (AvgIpc) is 3.42. The van der Waals surface area contributed by atoms with Crippen molar-refractivity contribution in [2.24, 2.45) is 0 Å². The van der Waals surface area contributed by atoms with Crippen LogP contribution in [0.4, 0.5) is 0 Å². The van der Waals surface area contributed by atoms with Gasteiger partial charge in [-0.15, -0.1) is 0 Å². The SMILES string of the molecule is CCCCC/C=C\C/C=C\CCCCCCCC(=O)OCCCCCCCCCCCCCC/C=C\CCCCCCCCCCCCCCCCCC(=O)NC(CO)C(O)CCCCCCCCCCCCCCC. The van der Waals surface area contributed by atoms with Gasteiger partial charge in [-0.05, 0) is 83.5 Å². The number of hydrogen-bond donors (Lipinski definition) is 3. The summed E-state index contributed by atoms with van der Waals surface area (Å²) in [6.07, 6.45) is 83.3. The summed E-state index contributed by atoms with van der Waals surface area (Å²) in [6.45, 7) is 4.94. The number of nitrogens with one attached hydrogen (secondary N) is 1. The van der Waals surface area contributed by atoms with Crippen molar-refractivity contribution < 1.29 is 24.5 Å². The Labute approximate surface area is 474 Å². The van der Waals surface area contributed by atoms with Crippen LogP contribution >= 0.6 is 0 Å². The van der Waals surface area contributed by atoms with E-state index >= 15 is 0 Å². The smallest absolute Gasteiger partial charge is 0.305 e. The molecule has 0 bridgehead atoms. The summed E-state index contributed by atoms with van der Waals surface area (Å²) in [5.74, 6) is -0.0276. The molecule has 0 saturated heterocycles. The maximum Gasteiger partial charge on any atom is 0.305 e. The van der Waals surface area contributed by atoms with E-state index in [2.05, 4.69) is 55.6 Å². The van der Waals surface area contributed by atoms with Crippen molar-refractivity contribution in [3.63, 3.8) is 0 Å². The van der Waals surface area contributed by atoms with Gasteiger partial charge in [-0.2, -0.15) is 0 Å². The van der Waals surface area contributed by atoms with Gasteiger partial charge in [-0.1, -0.05) is 314 Å². The minimum Gasteiger partial charge on any atom is -0.466 e. The molecule has 0 aliphatic heterocycles. The fourth-order valence-corrected chi connectivity index (χ4v) is 10.7. The zero-order valence-corrected chi connectivity index (χ0v) is 51.3. The minimum absolute atomic E-state index is 0.00382. The lowest BCUT2D eigenvalue weighted by Crippen LogP contribution is -2.45. The Morgan fingerprint density at radius 1 is 0.368 bits per heavy atom. The van der Waals surface area contributed by atoms with Crippen molar-refractivity contribution in [3.05, 3.63) is 36.5 Å². The Balaban J connectivity index is 3.35. The molecule has 0 saturated carbocycles. The molecule has 0 aliphatic rings. The van der Waals surface area contributed by atoms with Gasteiger partial charge in [0.05, 0.1) is 25.4 Å². The normalized spacial score (nSPS) is 12.7. The average molecular weight is 1070 g/mol. The van der Waals surface area contributed by atoms with Gasteiger partial charge in [-0.25, -0.2) is 0 Å². The van der Waals surface area contributed by atoms with Crippen LogP contribution in [-0.2, 0) is 14.3 Å². The largest absolute Gasteiger partial charge is 0.466 e. The van der Waals surface area contributed by atoms with Crippen LogP contribution in [-0.4, -0.2) is 47.4 Å². The number of carbonyl (C=O) groups excluding carboxylic acids is 2. The third kappa shape index (κ3) is 61.3. The highest BCUT2D eigenvalue weighted by molar-refractivity contribution is 5.76. The van der Waals surface area contributed by atoms with E-state index in [9.17, 15) is 19.8 Å². The quantitative estimate of drug-likeness (QED) is 0.0320. The molecule has 0 aromatic carbocycles. The van der Waals surface area contributed by atoms with Gasteiger partial charge in [-0.3, -0.25) is 9.59 Å². The predicted molar refractivity (Wildman–Crippen MR) is 333 cm³/mol. The molecule has 448 valence electrons. The van der Waals surface area contributed by atoms with Gasteiger partial charge in [0, 0.05) is 12.8 Å². The Bertz CT molecular complexity index is 1230. The molecule has 6 nitrogen and oxygen atoms in total. The molecule has 0 radical (unpaired) electrons. The number of carbonyl (C=O) groups is 2. The summed E-state index contributed by atoms with van der Waals surface area (Å²) in [6, 6.07) is -0.539. The van der Waals surface area contributed by atoms with Crippen LogP contribution in [0.25, 0.3) is 0 Å². The van der Waals surface area contributed by atoms with Gasteiger partial charge < -0.3 is 20.3 Å². The molecule has 2 unspecified atom stereocenters. The molecule has 0 heterocycles. The molecule has 3 N–H and O–H groups in total. The maximum atomic E-state index is 12.5. The lowest BCUT2D eigenvalue weighted by molar-refractivity contribution is -0.143. The molecule has 2 atom stereocenters. The molecule has 0 aliphatic carbocycles. The van der Waals surface area contributed by atoms with E-state index in [0.717, 1.165) is 51.4 Å². The van der Waals surface area contributed by atoms with Gasteiger partial charge >= 0.3 is 5.97 Å². The summed E-state index contributed by atoms with van der Waals surface area (Å²) in [5, 5.41) is 23.3. The number of ether oxygens (including phenoxy) is 1. The summed E-state index contributed by atoms with van der Waals surface area (Å²) < 4.78 is 5.48. The second kappa shape index (κ2) is 65.6. The summed E-state index contributed by atoms with van der Waals surface area (Å²) in [5.41, 5.74) is 0. The minimum atomic E-state index is -0.662. The first-order valence-corrected chi connectivity index (χ1v) is 34.2. The number of aliphatic hydroxyl groups is 2. The molecular weight excluding hydrogens is 935 g/mol. The zero-order valence-electron chi connectivity index (χ0n) is 51.3. The van der Waals surface area contributed by atoms with E-state index in [1.807, 2.05) is 0 Å². The predicted octanol–water partition coefficient (Wildman–Crippen LogP) is 21.9. The summed E-state index contributed by atoms with van der Waals surface area (Å²) >= 11 is 0. The Hall–Kier alpha value is -1.92. The Kier molecular flexibility index (Phi) is 63.9. The number of esters is 1. The maximum absolute atomic E-state index is 12.5. The number of hydrogen-bond acceptors (Lipinski definition) is 5. The fraction of sp³-hybridized carbons (Fsp3) is 0.886. The van der Waals surface area contributed by atoms with Crippen molar-refractivity contribution in [2.75, 3.05) is 13.2 Å². The van der Waals surface area contributed by atoms with Crippen molar-refractivity contribution in [2.45, 2.75) is 386 Å². The molecule has 0 fully saturated rings. The molecule has 0 aromatic heterocycles. The second-order valence-electron chi connectivity index (χ2n) is 23.5. The number of rotatable bonds is 64. The number of amides is 1. The van der Waals surface area contributed by atoms with Crippen LogP contribution in [0.15, 0.2) is 36.5 Å². The first-order valence-electron chi connectivity index (χ1n) is 34.2. The molecule has 0 rings (SSSR count). The van der Waals surface area contributed by atoms with Crippen LogP contribution in [0.5, 0.6) is 0 Å². The van der Waals surface area contributed by atoms with Crippen molar-refractivity contribution >= 4 is 11.9 Å². The third-order valence-corrected chi connectivity index (χ3v) is 15.9. The van der Waals surface area contributed by atoms with Crippen LogP contribution in [0.1, 0.15) is 373 Å². The second-order valence-corrected chi connectivity index (χ2v) is 23.5. The topological polar surface area (TPSA) is 95.9 Å². The monoisotopic (exact) mass is 1070 g/mol. The van der Waals surface area contributed by atoms with E-state index in [1.165, 1.54) is 289 Å². The lowest BCUT2D eigenvalue weighted by atomic mass is 10.0. The van der Waals surface area contributed by atoms with Crippen LogP contribution in [0.2, 0.25) is 0 Å². The molecule has 6 heteroatoms. The highest BCUT2D eigenvalue weighted by Crippen LogP contribution is 2.18. The summed E-state index contributed by atoms with van der Waals surface area (Å²) in [7, 11) is 0. The Morgan fingerprint density at radius 2 is 0.658 bits per heavy atom. The number of allylic oxidation sites excluding steroid dienone is 6. The zero-order chi connectivity index (χ0) is 55.0. The van der Waals surface area contributed by atoms with E-state index in [4.69, 9.17) is 4.74 Å². The van der Waals surface area contributed by atoms with Gasteiger partial charge in [0.25, 0.3) is 0 Å². The van der Waals surface area contributed by atoms with Gasteiger partial charge in [0.1, 0.15) is 0 Å². The molecular formula is C70H133NO5. The Morgan fingerprint density at radius 3 is 1.04 bits per heavy atom. The van der Waals surface area contributed by atoms with E-state index in [0.29, 0.717) is 25.9 Å². The van der Waals surface area contributed by atoms with E-state index in [1.54, 1.807) is 0 Å². The van der Waals surface area contributed by atoms with Crippen molar-refractivity contribution in [1.29, 1.82) is 0 Å². The van der Waals surface area contributed by atoms with E-state index < -0.39 is 12.1 Å². The molecule has 76 heavy (non-hydrogen) atoms. The highest BCUT2D eigenvalue weighted by Gasteiger charge is 2.20. The highest BCUT2D eigenvalue weighted by atomic mass is 16.5. The van der Waals surface area contributed by atoms with Crippen molar-refractivity contribution in [3.8, 4) is 0 Å². The fourth-order valence-electron chi connectivity index (χ4n) is 10.7. The first-order chi connectivity index (χ1) is 37.5. The molecule has 0 aromatic rings. The third-order valence-electron chi connectivity index (χ3n) is 15.9. The molecule has 1 amide bonds. The lowest BCUT2D eigenvalue weighted by Gasteiger charge is -2.22. The van der Waals surface area contributed by atoms with Gasteiger partial charge in [0.15, 0.2) is 0 Å². The van der Waals surface area contributed by atoms with Crippen LogP contribution in [0, 0.1) is 0 Å². The summed E-state index contributed by atoms with van der Waals surface area (Å²) in [4.78, 5) is 24.5. The standard InChI is InChI=1S/C70H133NO5/c1-3-5-7-9-11-13-15-17-35-40-44-48-52-56-60-64-70(75)76-65-61-57-53-49-45-41-37-34-32-30-28-26-24-22-20-18-19-21-23-25-27-29-31-33-36-39-43-47-51-55-59-63-69(74)71-67(66-72)68(73)62-58-54-50-46-42-38-16-14-12-10-8-6-4-2/h11,13,17,20,22,35,67-68,72-73H,3-10,12,14-16,18-19,21,23-34,36-66H2,1-2H3,(H,71,74)/b13-11-,22-20-,35-17-.